The zero-order valence-corrected chi connectivity index (χ0v) is 15.1. The predicted octanol–water partition coefficient (Wildman–Crippen LogP) is 2.56. The van der Waals surface area contributed by atoms with E-state index in [1.54, 1.807) is 0 Å². The smallest absolute Gasteiger partial charge is 0.0971 e. The van der Waals surface area contributed by atoms with Crippen molar-refractivity contribution < 1.29 is 16.9 Å². The lowest BCUT2D eigenvalue weighted by molar-refractivity contribution is -0.923. The first-order chi connectivity index (χ1) is 9.24. The molecule has 0 fully saturated rings. The normalized spacial score (nSPS) is 11.2. The van der Waals surface area contributed by atoms with Crippen LogP contribution in [0.2, 0.25) is 0 Å². The van der Waals surface area contributed by atoms with Gasteiger partial charge >= 0.3 is 0 Å². The van der Waals surface area contributed by atoms with Gasteiger partial charge in [0.1, 0.15) is 0 Å². The van der Waals surface area contributed by atoms with E-state index >= 15 is 0 Å². The van der Waals surface area contributed by atoms with E-state index in [0.29, 0.717) is 0 Å². The summed E-state index contributed by atoms with van der Waals surface area (Å²) >= 11 is 0. The summed E-state index contributed by atoms with van der Waals surface area (Å²) in [6.45, 7) is 16.2. The monoisotopic (exact) mass is 303 g/mol. The van der Waals surface area contributed by atoms with E-state index in [9.17, 15) is 0 Å². The van der Waals surface area contributed by atoms with E-state index in [-0.39, 0.29) is 12.4 Å². The second-order valence-corrected chi connectivity index (χ2v) is 6.11. The third kappa shape index (κ3) is 10.7. The second-order valence-electron chi connectivity index (χ2n) is 6.11. The molecule has 20 heavy (non-hydrogen) atoms. The van der Waals surface area contributed by atoms with Crippen molar-refractivity contribution in [2.24, 2.45) is 0 Å². The number of halogens is 1. The number of unbranched alkanes of at least 4 members (excludes halogenated alkanes) is 6. The minimum absolute atomic E-state index is 0. The fourth-order valence-corrected chi connectivity index (χ4v) is 2.97. The molecule has 0 heterocycles. The highest BCUT2D eigenvalue weighted by Gasteiger charge is 2.24. The largest absolute Gasteiger partial charge is 1.00 e. The highest BCUT2D eigenvalue weighted by molar-refractivity contribution is 4.67. The summed E-state index contributed by atoms with van der Waals surface area (Å²) in [4.78, 5) is 0. The third-order valence-corrected chi connectivity index (χ3v) is 4.22. The van der Waals surface area contributed by atoms with Crippen LogP contribution in [0.15, 0.2) is 12.7 Å². The Morgan fingerprint density at radius 2 is 1.05 bits per heavy atom. The molecule has 0 bridgehead atoms. The Morgan fingerprint density at radius 3 is 1.30 bits per heavy atom. The Hall–Kier alpha value is -0.0100. The fraction of sp³-hybridized carbons (Fsp3) is 0.889. The van der Waals surface area contributed by atoms with Gasteiger partial charge in [-0.1, -0.05) is 46.6 Å². The first kappa shape index (κ1) is 22.3. The fourth-order valence-electron chi connectivity index (χ4n) is 2.97. The van der Waals surface area contributed by atoms with Crippen LogP contribution < -0.4 is 12.4 Å². The molecule has 0 spiro atoms. The van der Waals surface area contributed by atoms with Crippen LogP contribution in [0.1, 0.15) is 78.6 Å². The molecule has 0 saturated heterocycles. The van der Waals surface area contributed by atoms with Gasteiger partial charge in [0, 0.05) is 0 Å². The number of quaternary nitrogens is 1. The third-order valence-electron chi connectivity index (χ3n) is 4.22. The molecular formula is C18H38ClN. The molecule has 0 aromatic heterocycles. The quantitative estimate of drug-likeness (QED) is 0.263. The van der Waals surface area contributed by atoms with E-state index < -0.39 is 0 Å². The summed E-state index contributed by atoms with van der Waals surface area (Å²) in [6.07, 6.45) is 14.5. The van der Waals surface area contributed by atoms with Gasteiger partial charge in [-0.2, -0.15) is 0 Å². The Morgan fingerprint density at radius 1 is 0.700 bits per heavy atom. The van der Waals surface area contributed by atoms with Crippen molar-refractivity contribution in [2.75, 3.05) is 26.2 Å². The minimum Gasteiger partial charge on any atom is -1.00 e. The summed E-state index contributed by atoms with van der Waals surface area (Å²) in [5.41, 5.74) is 0. The standard InChI is InChI=1S/C18H38N.ClH/c1-5-9-12-16-19(15-8-4,17-13-10-6-2)18-14-11-7-3;/h8H,4-7,9-18H2,1-3H3;1H/q+1;/p-1. The van der Waals surface area contributed by atoms with Gasteiger partial charge in [0.2, 0.25) is 0 Å². The number of rotatable bonds is 14. The lowest BCUT2D eigenvalue weighted by atomic mass is 10.1. The van der Waals surface area contributed by atoms with E-state index in [0.717, 1.165) is 0 Å². The predicted molar refractivity (Wildman–Crippen MR) is 88.5 cm³/mol. The van der Waals surface area contributed by atoms with Gasteiger partial charge in [-0.15, -0.1) is 0 Å². The lowest BCUT2D eigenvalue weighted by Gasteiger charge is -2.38. The summed E-state index contributed by atoms with van der Waals surface area (Å²) in [7, 11) is 0. The Balaban J connectivity index is 0. The van der Waals surface area contributed by atoms with Crippen molar-refractivity contribution in [1.29, 1.82) is 0 Å². The molecule has 122 valence electrons. The molecule has 0 aliphatic rings. The Kier molecular flexibility index (Phi) is 17.1. The van der Waals surface area contributed by atoms with Gasteiger partial charge in [-0.05, 0) is 44.6 Å². The van der Waals surface area contributed by atoms with Crippen LogP contribution in [0.3, 0.4) is 0 Å². The summed E-state index contributed by atoms with van der Waals surface area (Å²) < 4.78 is 1.31. The van der Waals surface area contributed by atoms with E-state index in [1.807, 2.05) is 0 Å². The van der Waals surface area contributed by atoms with E-state index in [4.69, 9.17) is 0 Å². The zero-order chi connectivity index (χ0) is 14.4. The van der Waals surface area contributed by atoms with Crippen molar-refractivity contribution in [3.8, 4) is 0 Å². The van der Waals surface area contributed by atoms with E-state index in [2.05, 4.69) is 33.4 Å². The average molecular weight is 304 g/mol. The molecule has 0 amide bonds. The number of hydrogen-bond donors (Lipinski definition) is 0. The average Bonchev–Trinajstić information content (AvgIpc) is 2.40. The molecule has 0 saturated carbocycles. The van der Waals surface area contributed by atoms with Crippen molar-refractivity contribution in [2.45, 2.75) is 78.6 Å². The summed E-state index contributed by atoms with van der Waals surface area (Å²) in [5.74, 6) is 0. The van der Waals surface area contributed by atoms with Crippen molar-refractivity contribution in [3.63, 3.8) is 0 Å². The van der Waals surface area contributed by atoms with Crippen LogP contribution in [-0.4, -0.2) is 30.7 Å². The maximum Gasteiger partial charge on any atom is 0.0971 e. The van der Waals surface area contributed by atoms with Gasteiger partial charge in [0.15, 0.2) is 0 Å². The molecule has 0 unspecified atom stereocenters. The van der Waals surface area contributed by atoms with E-state index in [1.165, 1.54) is 88.4 Å². The van der Waals surface area contributed by atoms with Gasteiger partial charge in [-0.3, -0.25) is 0 Å². The number of hydrogen-bond acceptors (Lipinski definition) is 0. The minimum atomic E-state index is 0. The van der Waals surface area contributed by atoms with Gasteiger partial charge in [0.25, 0.3) is 0 Å². The molecule has 0 rings (SSSR count). The lowest BCUT2D eigenvalue weighted by Crippen LogP contribution is -3.00. The van der Waals surface area contributed by atoms with Crippen LogP contribution in [0.5, 0.6) is 0 Å². The number of nitrogens with zero attached hydrogens (tertiary/aromatic N) is 1. The molecular weight excluding hydrogens is 266 g/mol. The van der Waals surface area contributed by atoms with Crippen molar-refractivity contribution in [3.05, 3.63) is 12.7 Å². The van der Waals surface area contributed by atoms with Crippen LogP contribution in [-0.2, 0) is 0 Å². The van der Waals surface area contributed by atoms with Gasteiger partial charge < -0.3 is 16.9 Å². The second kappa shape index (κ2) is 15.4. The van der Waals surface area contributed by atoms with Crippen molar-refractivity contribution in [1.82, 2.24) is 0 Å². The molecule has 0 aliphatic heterocycles. The highest BCUT2D eigenvalue weighted by atomic mass is 35.5. The molecule has 0 aliphatic carbocycles. The SMILES string of the molecule is C=CC[N+](CCCCC)(CCCCC)CCCCC.[Cl-]. The van der Waals surface area contributed by atoms with Gasteiger partial charge in [-0.25, -0.2) is 0 Å². The molecule has 0 N–H and O–H groups in total. The zero-order valence-electron chi connectivity index (χ0n) is 14.3. The molecule has 1 nitrogen and oxygen atoms in total. The first-order valence-corrected chi connectivity index (χ1v) is 8.70. The molecule has 0 aromatic rings. The van der Waals surface area contributed by atoms with Crippen LogP contribution in [0.25, 0.3) is 0 Å². The van der Waals surface area contributed by atoms with Crippen molar-refractivity contribution >= 4 is 0 Å². The maximum atomic E-state index is 4.01. The Bertz CT molecular complexity index is 177. The van der Waals surface area contributed by atoms with Crippen LogP contribution >= 0.6 is 0 Å². The van der Waals surface area contributed by atoms with Crippen LogP contribution in [0, 0.1) is 0 Å². The topological polar surface area (TPSA) is 0 Å². The Labute approximate surface area is 134 Å². The molecule has 0 aromatic carbocycles. The molecule has 0 radical (unpaired) electrons. The summed E-state index contributed by atoms with van der Waals surface area (Å²) in [6, 6.07) is 0. The first-order valence-electron chi connectivity index (χ1n) is 8.70. The van der Waals surface area contributed by atoms with Crippen LogP contribution in [0.4, 0.5) is 0 Å². The van der Waals surface area contributed by atoms with Gasteiger partial charge in [0.05, 0.1) is 26.2 Å². The molecule has 0 atom stereocenters. The summed E-state index contributed by atoms with van der Waals surface area (Å²) in [5, 5.41) is 0. The maximum absolute atomic E-state index is 4.01. The molecule has 2 heteroatoms. The highest BCUT2D eigenvalue weighted by Crippen LogP contribution is 2.16.